The Morgan fingerprint density at radius 1 is 0.444 bits per heavy atom. The molecule has 0 bridgehead atoms. The average Bonchev–Trinajstić information content (AvgIpc) is 3.62. The van der Waals surface area contributed by atoms with Crippen LogP contribution >= 0.6 is 0 Å². The molecule has 254 valence electrons. The third-order valence-electron chi connectivity index (χ3n) is 11.4. The monoisotopic (exact) mass is 689 g/mol. The van der Waals surface area contributed by atoms with Crippen LogP contribution in [-0.2, 0) is 0 Å². The molecule has 54 heavy (non-hydrogen) atoms. The third kappa shape index (κ3) is 4.81. The zero-order valence-corrected chi connectivity index (χ0v) is 29.6. The Labute approximate surface area is 314 Å². The van der Waals surface area contributed by atoms with Gasteiger partial charge < -0.3 is 9.32 Å². The van der Waals surface area contributed by atoms with Crippen molar-refractivity contribution in [3.63, 3.8) is 0 Å². The van der Waals surface area contributed by atoms with E-state index >= 15 is 0 Å². The van der Waals surface area contributed by atoms with Crippen LogP contribution in [0.4, 0.5) is 17.1 Å². The van der Waals surface area contributed by atoms with Crippen molar-refractivity contribution in [2.75, 3.05) is 4.90 Å². The van der Waals surface area contributed by atoms with E-state index in [1.54, 1.807) is 0 Å². The van der Waals surface area contributed by atoms with Gasteiger partial charge in [0.15, 0.2) is 0 Å². The summed E-state index contributed by atoms with van der Waals surface area (Å²) in [5.41, 5.74) is 12.5. The predicted octanol–water partition coefficient (Wildman–Crippen LogP) is 14.3. The van der Waals surface area contributed by atoms with Crippen molar-refractivity contribution < 1.29 is 4.42 Å². The molecule has 9 aromatic rings. The minimum Gasteiger partial charge on any atom is -0.456 e. The number of hydrogen-bond donors (Lipinski definition) is 0. The van der Waals surface area contributed by atoms with Crippen molar-refractivity contribution >= 4 is 66.1 Å². The first-order valence-electron chi connectivity index (χ1n) is 18.8. The highest BCUT2D eigenvalue weighted by molar-refractivity contribution is 6.15. The summed E-state index contributed by atoms with van der Waals surface area (Å²) in [7, 11) is 0. The van der Waals surface area contributed by atoms with Crippen LogP contribution in [-0.4, -0.2) is 0 Å². The molecule has 2 atom stereocenters. The molecule has 2 aliphatic rings. The van der Waals surface area contributed by atoms with Gasteiger partial charge in [0.2, 0.25) is 0 Å². The summed E-state index contributed by atoms with van der Waals surface area (Å²) >= 11 is 0. The van der Waals surface area contributed by atoms with Crippen molar-refractivity contribution in [2.24, 2.45) is 5.92 Å². The van der Waals surface area contributed by atoms with E-state index in [1.807, 2.05) is 6.07 Å². The lowest BCUT2D eigenvalue weighted by Crippen LogP contribution is -2.18. The molecule has 1 aromatic heterocycles. The summed E-state index contributed by atoms with van der Waals surface area (Å²) in [6.45, 7) is 0. The maximum absolute atomic E-state index is 6.50. The van der Waals surface area contributed by atoms with Gasteiger partial charge in [-0.25, -0.2) is 0 Å². The van der Waals surface area contributed by atoms with Gasteiger partial charge in [-0.15, -0.1) is 0 Å². The van der Waals surface area contributed by atoms with Crippen LogP contribution in [0, 0.1) is 5.92 Å². The van der Waals surface area contributed by atoms with E-state index in [2.05, 4.69) is 199 Å². The van der Waals surface area contributed by atoms with Gasteiger partial charge in [-0.2, -0.15) is 0 Å². The molecule has 0 fully saturated rings. The molecule has 2 heteroatoms. The van der Waals surface area contributed by atoms with Crippen LogP contribution in [0.5, 0.6) is 0 Å². The number of nitrogens with zero attached hydrogens (tertiary/aromatic N) is 1. The van der Waals surface area contributed by atoms with E-state index in [0.29, 0.717) is 5.92 Å². The van der Waals surface area contributed by atoms with Gasteiger partial charge in [0.05, 0.1) is 5.69 Å². The fourth-order valence-electron chi connectivity index (χ4n) is 9.00. The van der Waals surface area contributed by atoms with Crippen LogP contribution < -0.4 is 4.90 Å². The molecular weight excluding hydrogens is 655 g/mol. The minimum atomic E-state index is 0.242. The van der Waals surface area contributed by atoms with Crippen LogP contribution in [0.3, 0.4) is 0 Å². The Hall–Kier alpha value is -6.90. The van der Waals surface area contributed by atoms with Gasteiger partial charge in [-0.3, -0.25) is 0 Å². The van der Waals surface area contributed by atoms with E-state index in [-0.39, 0.29) is 5.92 Å². The molecule has 0 spiro atoms. The molecule has 2 nitrogen and oxygen atoms in total. The zero-order valence-electron chi connectivity index (χ0n) is 29.6. The molecule has 8 aromatic carbocycles. The number of para-hydroxylation sites is 2. The SMILES string of the molecule is C1=CC2C=C(c3c(-c4cc5ccccc5c5ccccc45)cccc3N(c3ccccc3)c3ccc4c(c3)oc3ccccc34)c3ccccc3C2C=C1. The zero-order chi connectivity index (χ0) is 35.6. The topological polar surface area (TPSA) is 16.4 Å². The van der Waals surface area contributed by atoms with Crippen LogP contribution in [0.15, 0.2) is 205 Å². The number of benzene rings is 8. The van der Waals surface area contributed by atoms with E-state index < -0.39 is 0 Å². The first-order chi connectivity index (χ1) is 26.8. The standard InChI is InChI=1S/C52H35NO/c1-2-17-36(18-3-1)53(37-29-30-45-44-25-12-13-28-50(44)54-51(45)33-37)49-27-14-26-46(47-31-34-15-4-6-19-38(34)40-21-8-10-23-42(40)47)52(49)48-32-35-16-5-7-20-39(35)41-22-9-11-24-43(41)48/h1-33,35,39H. The summed E-state index contributed by atoms with van der Waals surface area (Å²) in [4.78, 5) is 2.42. The first kappa shape index (κ1) is 30.7. The molecule has 1 heterocycles. The highest BCUT2D eigenvalue weighted by Crippen LogP contribution is 2.51. The highest BCUT2D eigenvalue weighted by Gasteiger charge is 2.32. The minimum absolute atomic E-state index is 0.242. The average molecular weight is 690 g/mol. The number of furan rings is 1. The molecule has 0 N–H and O–H groups in total. The lowest BCUT2D eigenvalue weighted by Gasteiger charge is -2.34. The Balaban J connectivity index is 1.25. The molecule has 11 rings (SSSR count). The molecule has 2 aliphatic carbocycles. The molecule has 0 amide bonds. The second-order valence-electron chi connectivity index (χ2n) is 14.4. The molecule has 0 saturated carbocycles. The van der Waals surface area contributed by atoms with Gasteiger partial charge in [-0.05, 0) is 91.8 Å². The summed E-state index contributed by atoms with van der Waals surface area (Å²) < 4.78 is 6.50. The summed E-state index contributed by atoms with van der Waals surface area (Å²) in [6, 6.07) is 61.6. The van der Waals surface area contributed by atoms with Crippen LogP contribution in [0.2, 0.25) is 0 Å². The second-order valence-corrected chi connectivity index (χ2v) is 14.4. The second kappa shape index (κ2) is 12.4. The summed E-state index contributed by atoms with van der Waals surface area (Å²) in [5, 5.41) is 7.25. The molecule has 0 radical (unpaired) electrons. The number of allylic oxidation sites excluding steroid dienone is 5. The van der Waals surface area contributed by atoms with Crippen molar-refractivity contribution in [1.82, 2.24) is 0 Å². The summed E-state index contributed by atoms with van der Waals surface area (Å²) in [6.07, 6.45) is 11.6. The highest BCUT2D eigenvalue weighted by atomic mass is 16.3. The van der Waals surface area contributed by atoms with Gasteiger partial charge >= 0.3 is 0 Å². The fourth-order valence-corrected chi connectivity index (χ4v) is 9.00. The third-order valence-corrected chi connectivity index (χ3v) is 11.4. The molecule has 0 aliphatic heterocycles. The molecule has 0 saturated heterocycles. The van der Waals surface area contributed by atoms with Gasteiger partial charge in [-0.1, -0.05) is 152 Å². The number of rotatable bonds is 5. The Morgan fingerprint density at radius 3 is 2.06 bits per heavy atom. The Kier molecular flexibility index (Phi) is 7.03. The Morgan fingerprint density at radius 2 is 1.15 bits per heavy atom. The number of hydrogen-bond acceptors (Lipinski definition) is 2. The van der Waals surface area contributed by atoms with E-state index in [1.165, 1.54) is 54.9 Å². The maximum atomic E-state index is 6.50. The van der Waals surface area contributed by atoms with Crippen LogP contribution in [0.25, 0.3) is 60.2 Å². The maximum Gasteiger partial charge on any atom is 0.137 e. The van der Waals surface area contributed by atoms with Crippen molar-refractivity contribution in [3.05, 3.63) is 217 Å². The Bertz CT molecular complexity index is 3020. The quantitative estimate of drug-likeness (QED) is 0.167. The van der Waals surface area contributed by atoms with Gasteiger partial charge in [0.25, 0.3) is 0 Å². The number of anilines is 3. The first-order valence-corrected chi connectivity index (χ1v) is 18.8. The van der Waals surface area contributed by atoms with E-state index in [4.69, 9.17) is 4.42 Å². The fraction of sp³-hybridized carbons (Fsp3) is 0.0385. The smallest absolute Gasteiger partial charge is 0.137 e. The lowest BCUT2D eigenvalue weighted by atomic mass is 9.72. The van der Waals surface area contributed by atoms with Gasteiger partial charge in [0, 0.05) is 45.6 Å². The summed E-state index contributed by atoms with van der Waals surface area (Å²) in [5.74, 6) is 0.541. The normalized spacial score (nSPS) is 16.1. The van der Waals surface area contributed by atoms with E-state index in [9.17, 15) is 0 Å². The molecule has 2 unspecified atom stereocenters. The number of fused-ring (bicyclic) bond motifs is 9. The van der Waals surface area contributed by atoms with E-state index in [0.717, 1.165) is 39.0 Å². The molecular formula is C52H35NO. The van der Waals surface area contributed by atoms with Crippen molar-refractivity contribution in [2.45, 2.75) is 5.92 Å². The predicted molar refractivity (Wildman–Crippen MR) is 227 cm³/mol. The van der Waals surface area contributed by atoms with Crippen molar-refractivity contribution in [3.8, 4) is 11.1 Å². The van der Waals surface area contributed by atoms with Gasteiger partial charge in [0.1, 0.15) is 11.2 Å². The lowest BCUT2D eigenvalue weighted by molar-refractivity contribution is 0.669. The van der Waals surface area contributed by atoms with Crippen molar-refractivity contribution in [1.29, 1.82) is 0 Å². The largest absolute Gasteiger partial charge is 0.456 e. The van der Waals surface area contributed by atoms with Crippen LogP contribution in [0.1, 0.15) is 22.6 Å².